The lowest BCUT2D eigenvalue weighted by Gasteiger charge is -2.51. The fourth-order valence-corrected chi connectivity index (χ4v) is 2.92. The Morgan fingerprint density at radius 1 is 1.44 bits per heavy atom. The van der Waals surface area contributed by atoms with Gasteiger partial charge in [0.05, 0.1) is 12.2 Å². The van der Waals surface area contributed by atoms with E-state index in [0.29, 0.717) is 18.2 Å². The molecule has 0 aromatic heterocycles. The van der Waals surface area contributed by atoms with Crippen molar-refractivity contribution < 1.29 is 9.47 Å². The molecule has 0 amide bonds. The smallest absolute Gasteiger partial charge is 0.0652 e. The van der Waals surface area contributed by atoms with E-state index in [0.717, 1.165) is 26.0 Å². The normalized spacial score (nSPS) is 37.3. The average Bonchev–Trinajstić information content (AvgIpc) is 2.75. The predicted molar refractivity (Wildman–Crippen MR) is 64.6 cm³/mol. The average molecular weight is 227 g/mol. The largest absolute Gasteiger partial charge is 0.381 e. The van der Waals surface area contributed by atoms with Gasteiger partial charge in [0.25, 0.3) is 0 Å². The van der Waals surface area contributed by atoms with E-state index in [1.54, 1.807) is 0 Å². The van der Waals surface area contributed by atoms with E-state index in [2.05, 4.69) is 19.2 Å². The second-order valence-electron chi connectivity index (χ2n) is 5.71. The molecule has 1 saturated heterocycles. The Hall–Kier alpha value is -0.120. The highest BCUT2D eigenvalue weighted by Gasteiger charge is 2.48. The maximum atomic E-state index is 5.62. The number of hydrogen-bond donors (Lipinski definition) is 1. The molecule has 0 bridgehead atoms. The Morgan fingerprint density at radius 2 is 2.25 bits per heavy atom. The van der Waals surface area contributed by atoms with Gasteiger partial charge in [-0.1, -0.05) is 13.8 Å². The lowest BCUT2D eigenvalue weighted by atomic mass is 9.64. The van der Waals surface area contributed by atoms with Crippen LogP contribution in [0, 0.1) is 5.41 Å². The van der Waals surface area contributed by atoms with E-state index < -0.39 is 0 Å². The van der Waals surface area contributed by atoms with Gasteiger partial charge in [0.2, 0.25) is 0 Å². The summed E-state index contributed by atoms with van der Waals surface area (Å²) in [5, 5.41) is 3.64. The Balaban J connectivity index is 1.64. The van der Waals surface area contributed by atoms with Gasteiger partial charge in [-0.15, -0.1) is 0 Å². The highest BCUT2D eigenvalue weighted by Crippen LogP contribution is 2.42. The van der Waals surface area contributed by atoms with Crippen LogP contribution in [0.5, 0.6) is 0 Å². The number of ether oxygens (including phenoxy) is 2. The van der Waals surface area contributed by atoms with Crippen LogP contribution in [0.4, 0.5) is 0 Å². The molecule has 3 nitrogen and oxygen atoms in total. The molecule has 1 aliphatic heterocycles. The van der Waals surface area contributed by atoms with Gasteiger partial charge >= 0.3 is 0 Å². The molecule has 1 saturated carbocycles. The molecule has 2 fully saturated rings. The molecule has 1 N–H and O–H groups in total. The zero-order chi connectivity index (χ0) is 11.6. The Bertz CT molecular complexity index is 224. The summed E-state index contributed by atoms with van der Waals surface area (Å²) >= 11 is 0. The molecule has 2 aliphatic rings. The van der Waals surface area contributed by atoms with Crippen LogP contribution in [0.15, 0.2) is 0 Å². The number of hydrogen-bond acceptors (Lipinski definition) is 3. The van der Waals surface area contributed by atoms with E-state index in [9.17, 15) is 0 Å². The van der Waals surface area contributed by atoms with E-state index in [1.165, 1.54) is 12.8 Å². The Kier molecular flexibility index (Phi) is 3.88. The topological polar surface area (TPSA) is 30.5 Å². The third-order valence-corrected chi connectivity index (χ3v) is 4.34. The first-order valence-corrected chi connectivity index (χ1v) is 6.52. The summed E-state index contributed by atoms with van der Waals surface area (Å²) in [7, 11) is 1.81. The monoisotopic (exact) mass is 227 g/mol. The van der Waals surface area contributed by atoms with Gasteiger partial charge in [0.1, 0.15) is 0 Å². The quantitative estimate of drug-likeness (QED) is 0.779. The molecule has 0 spiro atoms. The zero-order valence-corrected chi connectivity index (χ0v) is 10.8. The summed E-state index contributed by atoms with van der Waals surface area (Å²) in [6.07, 6.45) is 5.72. The molecule has 3 atom stereocenters. The molecule has 0 aromatic carbocycles. The van der Waals surface area contributed by atoms with Gasteiger partial charge in [-0.25, -0.2) is 0 Å². The van der Waals surface area contributed by atoms with Crippen molar-refractivity contribution in [3.63, 3.8) is 0 Å². The standard InChI is InChI=1S/C13H25NO2/c1-13(2)11(9-12(13)15-3)14-7-6-10-5-4-8-16-10/h10-12,14H,4-9H2,1-3H3. The molecule has 2 rings (SSSR count). The molecule has 0 aromatic rings. The minimum absolute atomic E-state index is 0.283. The molecule has 3 heteroatoms. The molecular weight excluding hydrogens is 202 g/mol. The zero-order valence-electron chi connectivity index (χ0n) is 10.8. The summed E-state index contributed by atoms with van der Waals surface area (Å²) in [5.41, 5.74) is 0.283. The van der Waals surface area contributed by atoms with Crippen LogP contribution in [0.25, 0.3) is 0 Å². The molecular formula is C13H25NO2. The van der Waals surface area contributed by atoms with Gasteiger partial charge in [-0.05, 0) is 32.2 Å². The van der Waals surface area contributed by atoms with Crippen molar-refractivity contribution in [2.24, 2.45) is 5.41 Å². The van der Waals surface area contributed by atoms with E-state index in [-0.39, 0.29) is 5.41 Å². The maximum absolute atomic E-state index is 5.62. The van der Waals surface area contributed by atoms with Crippen molar-refractivity contribution in [2.75, 3.05) is 20.3 Å². The van der Waals surface area contributed by atoms with Crippen molar-refractivity contribution in [3.8, 4) is 0 Å². The van der Waals surface area contributed by atoms with Crippen molar-refractivity contribution in [1.29, 1.82) is 0 Å². The van der Waals surface area contributed by atoms with Crippen LogP contribution in [-0.4, -0.2) is 38.5 Å². The second kappa shape index (κ2) is 5.03. The van der Waals surface area contributed by atoms with E-state index in [4.69, 9.17) is 9.47 Å². The second-order valence-corrected chi connectivity index (χ2v) is 5.71. The fraction of sp³-hybridized carbons (Fsp3) is 1.00. The minimum atomic E-state index is 0.283. The predicted octanol–water partition coefficient (Wildman–Crippen LogP) is 1.96. The molecule has 1 aliphatic carbocycles. The van der Waals surface area contributed by atoms with Crippen LogP contribution in [0.3, 0.4) is 0 Å². The van der Waals surface area contributed by atoms with Crippen LogP contribution < -0.4 is 5.32 Å². The first-order valence-electron chi connectivity index (χ1n) is 6.52. The summed E-state index contributed by atoms with van der Waals surface area (Å²) in [4.78, 5) is 0. The summed E-state index contributed by atoms with van der Waals surface area (Å²) in [6, 6.07) is 0.610. The van der Waals surface area contributed by atoms with E-state index >= 15 is 0 Å². The molecule has 3 unspecified atom stereocenters. The van der Waals surface area contributed by atoms with Gasteiger partial charge < -0.3 is 14.8 Å². The van der Waals surface area contributed by atoms with Gasteiger partial charge in [0, 0.05) is 25.2 Å². The molecule has 94 valence electrons. The summed E-state index contributed by atoms with van der Waals surface area (Å²) in [6.45, 7) is 6.61. The molecule has 0 radical (unpaired) electrons. The van der Waals surface area contributed by atoms with Crippen LogP contribution in [0.2, 0.25) is 0 Å². The highest BCUT2D eigenvalue weighted by molar-refractivity contribution is 5.02. The van der Waals surface area contributed by atoms with Crippen molar-refractivity contribution in [2.45, 2.75) is 57.8 Å². The molecule has 16 heavy (non-hydrogen) atoms. The fourth-order valence-electron chi connectivity index (χ4n) is 2.92. The maximum Gasteiger partial charge on any atom is 0.0652 e. The van der Waals surface area contributed by atoms with Crippen LogP contribution in [0.1, 0.15) is 39.5 Å². The molecule has 1 heterocycles. The van der Waals surface area contributed by atoms with Gasteiger partial charge in [-0.3, -0.25) is 0 Å². The SMILES string of the molecule is COC1CC(NCCC2CCCO2)C1(C)C. The minimum Gasteiger partial charge on any atom is -0.381 e. The van der Waals surface area contributed by atoms with Gasteiger partial charge in [0.15, 0.2) is 0 Å². The Labute approximate surface area is 98.9 Å². The summed E-state index contributed by atoms with van der Waals surface area (Å²) < 4.78 is 11.1. The highest BCUT2D eigenvalue weighted by atomic mass is 16.5. The lowest BCUT2D eigenvalue weighted by molar-refractivity contribution is -0.0977. The third kappa shape index (κ3) is 2.41. The van der Waals surface area contributed by atoms with E-state index in [1.807, 2.05) is 7.11 Å². The lowest BCUT2D eigenvalue weighted by Crippen LogP contribution is -2.60. The van der Waals surface area contributed by atoms with Crippen molar-refractivity contribution >= 4 is 0 Å². The van der Waals surface area contributed by atoms with Crippen molar-refractivity contribution in [1.82, 2.24) is 5.32 Å². The first kappa shape index (κ1) is 12.3. The third-order valence-electron chi connectivity index (χ3n) is 4.34. The first-order chi connectivity index (χ1) is 7.64. The van der Waals surface area contributed by atoms with Crippen LogP contribution in [-0.2, 0) is 9.47 Å². The number of methoxy groups -OCH3 is 1. The van der Waals surface area contributed by atoms with Crippen LogP contribution >= 0.6 is 0 Å². The summed E-state index contributed by atoms with van der Waals surface area (Å²) in [5.74, 6) is 0. The number of nitrogens with one attached hydrogen (secondary N) is 1. The Morgan fingerprint density at radius 3 is 2.81 bits per heavy atom. The van der Waals surface area contributed by atoms with Crippen molar-refractivity contribution in [3.05, 3.63) is 0 Å². The van der Waals surface area contributed by atoms with Gasteiger partial charge in [-0.2, -0.15) is 0 Å². The number of rotatable bonds is 5.